The molecule has 0 atom stereocenters. The molecule has 0 aliphatic carbocycles. The number of hydrogen-bond donors (Lipinski definition) is 0. The molecular formula is C7H11N. The van der Waals surface area contributed by atoms with Crippen molar-refractivity contribution < 1.29 is 0 Å². The van der Waals surface area contributed by atoms with Crippen LogP contribution in [0.5, 0.6) is 0 Å². The summed E-state index contributed by atoms with van der Waals surface area (Å²) in [5.74, 6) is 0. The number of nitrogens with zero attached hydrogens (tertiary/aromatic N) is 1. The monoisotopic (exact) mass is 109 g/mol. The molecule has 0 aromatic rings. The topological polar surface area (TPSA) is 3.24 Å². The van der Waals surface area contributed by atoms with Crippen molar-refractivity contribution in [3.05, 3.63) is 37.7 Å². The Morgan fingerprint density at radius 1 is 1.50 bits per heavy atom. The molecule has 0 aromatic heterocycles. The van der Waals surface area contributed by atoms with Crippen molar-refractivity contribution in [2.45, 2.75) is 0 Å². The van der Waals surface area contributed by atoms with Gasteiger partial charge < -0.3 is 4.90 Å². The highest BCUT2D eigenvalue weighted by atomic mass is 15.1. The Balaban J connectivity index is 3.80. The van der Waals surface area contributed by atoms with E-state index < -0.39 is 0 Å². The lowest BCUT2D eigenvalue weighted by Crippen LogP contribution is -2.05. The van der Waals surface area contributed by atoms with Crippen molar-refractivity contribution in [1.29, 1.82) is 0 Å². The molecule has 0 bridgehead atoms. The fraction of sp³-hybridized carbons (Fsp3) is 0.143. The highest BCUT2D eigenvalue weighted by Gasteiger charge is 1.86. The van der Waals surface area contributed by atoms with Crippen LogP contribution in [-0.2, 0) is 0 Å². The van der Waals surface area contributed by atoms with Gasteiger partial charge in [0.05, 0.1) is 0 Å². The largest absolute Gasteiger partial charge is 0.352 e. The van der Waals surface area contributed by atoms with Gasteiger partial charge in [-0.25, -0.2) is 0 Å². The van der Waals surface area contributed by atoms with Crippen molar-refractivity contribution in [2.24, 2.45) is 0 Å². The van der Waals surface area contributed by atoms with Crippen molar-refractivity contribution in [3.63, 3.8) is 0 Å². The van der Waals surface area contributed by atoms with Crippen LogP contribution >= 0.6 is 0 Å². The number of hydrogen-bond acceptors (Lipinski definition) is 1. The van der Waals surface area contributed by atoms with Crippen LogP contribution in [0.15, 0.2) is 37.7 Å². The number of likely N-dealkylation sites (N-methyl/N-ethyl adjacent to an activating group) is 1. The SMILES string of the molecule is C=CC(=C)N(C)C=C. The van der Waals surface area contributed by atoms with Crippen LogP contribution in [0.2, 0.25) is 0 Å². The molecule has 0 heterocycles. The third kappa shape index (κ3) is 1.65. The van der Waals surface area contributed by atoms with Gasteiger partial charge in [-0.1, -0.05) is 19.7 Å². The quantitative estimate of drug-likeness (QED) is 0.499. The van der Waals surface area contributed by atoms with E-state index in [1.807, 2.05) is 7.05 Å². The Morgan fingerprint density at radius 3 is 2.12 bits per heavy atom. The van der Waals surface area contributed by atoms with E-state index in [0.717, 1.165) is 5.70 Å². The van der Waals surface area contributed by atoms with Gasteiger partial charge in [-0.2, -0.15) is 0 Å². The minimum Gasteiger partial charge on any atom is -0.352 e. The lowest BCUT2D eigenvalue weighted by Gasteiger charge is -2.11. The fourth-order valence-electron chi connectivity index (χ4n) is 0.261. The van der Waals surface area contributed by atoms with Gasteiger partial charge in [0.2, 0.25) is 0 Å². The first-order chi connectivity index (χ1) is 3.72. The van der Waals surface area contributed by atoms with Crippen LogP contribution in [0.4, 0.5) is 0 Å². The molecule has 0 radical (unpaired) electrons. The number of rotatable bonds is 3. The molecule has 0 N–H and O–H groups in total. The first kappa shape index (κ1) is 7.02. The molecule has 0 aliphatic heterocycles. The van der Waals surface area contributed by atoms with E-state index in [0.29, 0.717) is 0 Å². The van der Waals surface area contributed by atoms with E-state index in [1.165, 1.54) is 0 Å². The molecule has 0 amide bonds. The molecule has 1 nitrogen and oxygen atoms in total. The summed E-state index contributed by atoms with van der Waals surface area (Å²) >= 11 is 0. The molecular weight excluding hydrogens is 98.1 g/mol. The molecule has 44 valence electrons. The summed E-state index contributed by atoms with van der Waals surface area (Å²) in [6.07, 6.45) is 3.37. The van der Waals surface area contributed by atoms with E-state index in [9.17, 15) is 0 Å². The maximum Gasteiger partial charge on any atom is 0.0324 e. The fourth-order valence-corrected chi connectivity index (χ4v) is 0.261. The van der Waals surface area contributed by atoms with Gasteiger partial charge in [-0.05, 0) is 12.3 Å². The summed E-state index contributed by atoms with van der Waals surface area (Å²) in [4.78, 5) is 1.80. The summed E-state index contributed by atoms with van der Waals surface area (Å²) in [5.41, 5.74) is 0.861. The van der Waals surface area contributed by atoms with Crippen molar-refractivity contribution >= 4 is 0 Å². The molecule has 0 rings (SSSR count). The predicted octanol–water partition coefficient (Wildman–Crippen LogP) is 1.76. The standard InChI is InChI=1S/C7H11N/c1-5-7(3)8(4)6-2/h5-6H,1-3H2,4H3. The molecule has 0 aromatic carbocycles. The average molecular weight is 109 g/mol. The molecule has 1 heteroatoms. The molecule has 0 fully saturated rings. The van der Waals surface area contributed by atoms with Gasteiger partial charge in [0.25, 0.3) is 0 Å². The summed E-state index contributed by atoms with van der Waals surface area (Å²) in [5, 5.41) is 0. The van der Waals surface area contributed by atoms with Crippen LogP contribution < -0.4 is 0 Å². The Kier molecular flexibility index (Phi) is 2.70. The predicted molar refractivity (Wildman–Crippen MR) is 37.3 cm³/mol. The first-order valence-corrected chi connectivity index (χ1v) is 2.39. The Hall–Kier alpha value is -0.980. The molecule has 0 spiro atoms. The highest BCUT2D eigenvalue weighted by molar-refractivity contribution is 5.10. The lowest BCUT2D eigenvalue weighted by atomic mass is 10.4. The number of allylic oxidation sites excluding steroid dienone is 1. The minimum absolute atomic E-state index is 0.861. The van der Waals surface area contributed by atoms with Gasteiger partial charge in [0.1, 0.15) is 0 Å². The second-order valence-corrected chi connectivity index (χ2v) is 1.49. The molecule has 0 unspecified atom stereocenters. The second kappa shape index (κ2) is 3.08. The van der Waals surface area contributed by atoms with E-state index >= 15 is 0 Å². The van der Waals surface area contributed by atoms with Gasteiger partial charge in [-0.15, -0.1) is 0 Å². The van der Waals surface area contributed by atoms with Crippen molar-refractivity contribution in [1.82, 2.24) is 4.90 Å². The van der Waals surface area contributed by atoms with E-state index in [1.54, 1.807) is 17.2 Å². The summed E-state index contributed by atoms with van der Waals surface area (Å²) in [7, 11) is 1.87. The van der Waals surface area contributed by atoms with Crippen LogP contribution in [0.3, 0.4) is 0 Å². The van der Waals surface area contributed by atoms with Crippen LogP contribution in [0.25, 0.3) is 0 Å². The highest BCUT2D eigenvalue weighted by Crippen LogP contribution is 1.96. The zero-order chi connectivity index (χ0) is 6.57. The van der Waals surface area contributed by atoms with Gasteiger partial charge in [0, 0.05) is 12.7 Å². The van der Waals surface area contributed by atoms with Crippen molar-refractivity contribution in [3.8, 4) is 0 Å². The third-order valence-electron chi connectivity index (χ3n) is 0.963. The Bertz CT molecular complexity index is 114. The van der Waals surface area contributed by atoms with Crippen molar-refractivity contribution in [2.75, 3.05) is 7.05 Å². The van der Waals surface area contributed by atoms with Crippen LogP contribution in [0.1, 0.15) is 0 Å². The molecule has 0 aliphatic rings. The third-order valence-corrected chi connectivity index (χ3v) is 0.963. The van der Waals surface area contributed by atoms with Gasteiger partial charge >= 0.3 is 0 Å². The van der Waals surface area contributed by atoms with Crippen LogP contribution in [0, 0.1) is 0 Å². The van der Waals surface area contributed by atoms with E-state index in [4.69, 9.17) is 0 Å². The smallest absolute Gasteiger partial charge is 0.0324 e. The summed E-state index contributed by atoms with van der Waals surface area (Å²) < 4.78 is 0. The summed E-state index contributed by atoms with van der Waals surface area (Å²) in [6, 6.07) is 0. The average Bonchev–Trinajstić information content (AvgIpc) is 1.84. The molecule has 0 saturated heterocycles. The zero-order valence-electron chi connectivity index (χ0n) is 5.22. The lowest BCUT2D eigenvalue weighted by molar-refractivity contribution is 0.594. The molecule has 0 saturated carbocycles. The van der Waals surface area contributed by atoms with E-state index in [-0.39, 0.29) is 0 Å². The van der Waals surface area contributed by atoms with Crippen LogP contribution in [-0.4, -0.2) is 11.9 Å². The molecule has 8 heavy (non-hydrogen) atoms. The minimum atomic E-state index is 0.861. The zero-order valence-corrected chi connectivity index (χ0v) is 5.22. The second-order valence-electron chi connectivity index (χ2n) is 1.49. The maximum atomic E-state index is 3.68. The van der Waals surface area contributed by atoms with Gasteiger partial charge in [-0.3, -0.25) is 0 Å². The van der Waals surface area contributed by atoms with E-state index in [2.05, 4.69) is 19.7 Å². The normalized spacial score (nSPS) is 7.62. The Morgan fingerprint density at radius 2 is 2.00 bits per heavy atom. The maximum absolute atomic E-state index is 3.68. The Labute approximate surface area is 50.6 Å². The van der Waals surface area contributed by atoms with Gasteiger partial charge in [0.15, 0.2) is 0 Å². The first-order valence-electron chi connectivity index (χ1n) is 2.39. The summed E-state index contributed by atoms with van der Waals surface area (Å²) in [6.45, 7) is 10.8.